The van der Waals surface area contributed by atoms with Crippen molar-refractivity contribution in [3.05, 3.63) is 47.5 Å². The molecule has 0 radical (unpaired) electrons. The lowest BCUT2D eigenvalue weighted by atomic mass is 10.1. The van der Waals surface area contributed by atoms with Gasteiger partial charge in [0, 0.05) is 5.57 Å². The highest BCUT2D eigenvalue weighted by atomic mass is 16.6. The molecule has 2 heterocycles. The number of carbonyl (C=O) groups excluding carboxylic acids is 2. The van der Waals surface area contributed by atoms with Crippen LogP contribution in [0.2, 0.25) is 0 Å². The second-order valence-electron chi connectivity index (χ2n) is 5.74. The topological polar surface area (TPSA) is 115 Å². The summed E-state index contributed by atoms with van der Waals surface area (Å²) in [6.07, 6.45) is -0.0184. The van der Waals surface area contributed by atoms with Crippen LogP contribution in [0.1, 0.15) is 27.6 Å². The van der Waals surface area contributed by atoms with Crippen LogP contribution in [0.15, 0.2) is 36.4 Å². The van der Waals surface area contributed by atoms with E-state index in [1.807, 2.05) is 0 Å². The summed E-state index contributed by atoms with van der Waals surface area (Å²) in [4.78, 5) is 33.5. The molecule has 0 saturated carbocycles. The molecule has 0 aliphatic carbocycles. The number of benzene rings is 1. The molecule has 1 aromatic rings. The van der Waals surface area contributed by atoms with E-state index in [4.69, 9.17) is 24.1 Å². The van der Waals surface area contributed by atoms with Gasteiger partial charge in [-0.25, -0.2) is 14.4 Å². The van der Waals surface area contributed by atoms with Crippen LogP contribution in [-0.2, 0) is 23.7 Å². The third-order valence-corrected chi connectivity index (χ3v) is 3.34. The number of hydrogen-bond donors (Lipinski definition) is 1. The quantitative estimate of drug-likeness (QED) is 0.439. The Balaban J connectivity index is 0.000000352. The first-order valence-corrected chi connectivity index (χ1v) is 7.93. The highest BCUT2D eigenvalue weighted by Crippen LogP contribution is 2.16. The Labute approximate surface area is 150 Å². The average molecular weight is 364 g/mol. The first-order chi connectivity index (χ1) is 12.4. The van der Waals surface area contributed by atoms with E-state index in [9.17, 15) is 14.4 Å². The predicted molar refractivity (Wildman–Crippen MR) is 88.9 cm³/mol. The number of carboxylic acid groups (broad SMARTS) is 1. The van der Waals surface area contributed by atoms with Gasteiger partial charge in [0.25, 0.3) is 0 Å². The molecule has 2 aliphatic heterocycles. The third kappa shape index (κ3) is 6.66. The van der Waals surface area contributed by atoms with Crippen LogP contribution in [0, 0.1) is 0 Å². The Morgan fingerprint density at radius 1 is 1.04 bits per heavy atom. The van der Waals surface area contributed by atoms with Gasteiger partial charge < -0.3 is 24.1 Å². The zero-order chi connectivity index (χ0) is 19.1. The molecule has 140 valence electrons. The minimum atomic E-state index is -0.935. The number of aliphatic carboxylic acids is 1. The molecule has 26 heavy (non-hydrogen) atoms. The lowest BCUT2D eigenvalue weighted by Gasteiger charge is -2.08. The average Bonchev–Trinajstić information content (AvgIpc) is 3.52. The maximum Gasteiger partial charge on any atom is 0.339 e. The molecule has 8 nitrogen and oxygen atoms in total. The van der Waals surface area contributed by atoms with E-state index in [1.165, 1.54) is 6.92 Å². The Hall–Kier alpha value is -2.71. The fraction of sp³-hybridized carbons (Fsp3) is 0.389. The number of esters is 2. The van der Waals surface area contributed by atoms with Crippen LogP contribution < -0.4 is 0 Å². The standard InChI is InChI=1S/C14H14O6.C4H6O2/c15-13(19-7-9-5-17-9)11-3-1-2-4-12(11)14(16)20-8-10-6-18-10;1-3(2)4(5)6/h1-4,9-10H,5-8H2;1H2,2H3,(H,5,6). The molecular weight excluding hydrogens is 344 g/mol. The number of carbonyl (C=O) groups is 3. The molecule has 3 rings (SSSR count). The van der Waals surface area contributed by atoms with Crippen molar-refractivity contribution in [3.63, 3.8) is 0 Å². The Morgan fingerprint density at radius 3 is 1.65 bits per heavy atom. The minimum absolute atomic E-state index is 0.00919. The molecule has 2 aliphatic rings. The lowest BCUT2D eigenvalue weighted by Crippen LogP contribution is -2.17. The molecular formula is C18H20O8. The van der Waals surface area contributed by atoms with E-state index < -0.39 is 17.9 Å². The molecule has 2 unspecified atom stereocenters. The van der Waals surface area contributed by atoms with Gasteiger partial charge in [-0.3, -0.25) is 0 Å². The number of epoxide rings is 2. The first-order valence-electron chi connectivity index (χ1n) is 7.93. The molecule has 0 aromatic heterocycles. The van der Waals surface area contributed by atoms with Crippen LogP contribution >= 0.6 is 0 Å². The van der Waals surface area contributed by atoms with Crippen LogP contribution in [0.5, 0.6) is 0 Å². The fourth-order valence-corrected chi connectivity index (χ4v) is 1.66. The molecule has 8 heteroatoms. The van der Waals surface area contributed by atoms with Crippen LogP contribution in [-0.4, -0.2) is 61.6 Å². The van der Waals surface area contributed by atoms with Crippen molar-refractivity contribution in [3.8, 4) is 0 Å². The normalized spacial score (nSPS) is 19.4. The van der Waals surface area contributed by atoms with Gasteiger partial charge in [-0.05, 0) is 19.1 Å². The smallest absolute Gasteiger partial charge is 0.339 e. The van der Waals surface area contributed by atoms with E-state index in [-0.39, 0.29) is 42.1 Å². The van der Waals surface area contributed by atoms with E-state index in [0.717, 1.165) is 0 Å². The van der Waals surface area contributed by atoms with Crippen molar-refractivity contribution < 1.29 is 38.4 Å². The minimum Gasteiger partial charge on any atom is -0.478 e. The summed E-state index contributed by atoms with van der Waals surface area (Å²) in [5.74, 6) is -2.03. The molecule has 1 aromatic carbocycles. The van der Waals surface area contributed by atoms with Gasteiger partial charge in [0.2, 0.25) is 0 Å². The van der Waals surface area contributed by atoms with Crippen molar-refractivity contribution in [1.82, 2.24) is 0 Å². The van der Waals surface area contributed by atoms with Gasteiger partial charge in [-0.2, -0.15) is 0 Å². The molecule has 0 spiro atoms. The first kappa shape index (κ1) is 19.6. The molecule has 0 bridgehead atoms. The van der Waals surface area contributed by atoms with E-state index in [0.29, 0.717) is 13.2 Å². The van der Waals surface area contributed by atoms with Crippen molar-refractivity contribution >= 4 is 17.9 Å². The largest absolute Gasteiger partial charge is 0.478 e. The Kier molecular flexibility index (Phi) is 6.88. The zero-order valence-electron chi connectivity index (χ0n) is 14.3. The van der Waals surface area contributed by atoms with Gasteiger partial charge in [0.15, 0.2) is 0 Å². The molecule has 2 saturated heterocycles. The van der Waals surface area contributed by atoms with Gasteiger partial charge in [-0.1, -0.05) is 18.7 Å². The van der Waals surface area contributed by atoms with Gasteiger partial charge in [0.05, 0.1) is 24.3 Å². The number of carboxylic acids is 1. The summed E-state index contributed by atoms with van der Waals surface area (Å²) < 4.78 is 20.1. The molecule has 0 amide bonds. The Bertz CT molecular complexity index is 629. The second kappa shape index (κ2) is 9.12. The van der Waals surface area contributed by atoms with E-state index in [2.05, 4.69) is 6.58 Å². The SMILES string of the molecule is C=C(C)C(=O)O.O=C(OCC1CO1)c1ccccc1C(=O)OCC1CO1. The highest BCUT2D eigenvalue weighted by molar-refractivity contribution is 6.03. The molecule has 1 N–H and O–H groups in total. The monoisotopic (exact) mass is 364 g/mol. The summed E-state index contributed by atoms with van der Waals surface area (Å²) in [6.45, 7) is 6.23. The summed E-state index contributed by atoms with van der Waals surface area (Å²) in [5.41, 5.74) is 0.583. The van der Waals surface area contributed by atoms with Crippen molar-refractivity contribution in [1.29, 1.82) is 0 Å². The highest BCUT2D eigenvalue weighted by Gasteiger charge is 2.27. The van der Waals surface area contributed by atoms with E-state index >= 15 is 0 Å². The summed E-state index contributed by atoms with van der Waals surface area (Å²) >= 11 is 0. The van der Waals surface area contributed by atoms with Crippen molar-refractivity contribution in [2.45, 2.75) is 19.1 Å². The second-order valence-corrected chi connectivity index (χ2v) is 5.74. The summed E-state index contributed by atoms with van der Waals surface area (Å²) in [6, 6.07) is 6.43. The Morgan fingerprint density at radius 2 is 1.38 bits per heavy atom. The van der Waals surface area contributed by atoms with Crippen molar-refractivity contribution in [2.24, 2.45) is 0 Å². The molecule has 2 atom stereocenters. The maximum atomic E-state index is 11.9. The van der Waals surface area contributed by atoms with Crippen molar-refractivity contribution in [2.75, 3.05) is 26.4 Å². The van der Waals surface area contributed by atoms with Gasteiger partial charge >= 0.3 is 17.9 Å². The summed E-state index contributed by atoms with van der Waals surface area (Å²) in [5, 5.41) is 7.89. The lowest BCUT2D eigenvalue weighted by molar-refractivity contribution is -0.132. The van der Waals surface area contributed by atoms with Gasteiger partial charge in [0.1, 0.15) is 25.4 Å². The predicted octanol–water partition coefficient (Wildman–Crippen LogP) is 1.44. The fourth-order valence-electron chi connectivity index (χ4n) is 1.66. The van der Waals surface area contributed by atoms with Gasteiger partial charge in [-0.15, -0.1) is 0 Å². The van der Waals surface area contributed by atoms with Crippen LogP contribution in [0.3, 0.4) is 0 Å². The van der Waals surface area contributed by atoms with Crippen LogP contribution in [0.25, 0.3) is 0 Å². The number of rotatable bonds is 7. The molecule has 2 fully saturated rings. The third-order valence-electron chi connectivity index (χ3n) is 3.34. The summed E-state index contributed by atoms with van der Waals surface area (Å²) in [7, 11) is 0. The number of ether oxygens (including phenoxy) is 4. The van der Waals surface area contributed by atoms with E-state index in [1.54, 1.807) is 24.3 Å². The zero-order valence-corrected chi connectivity index (χ0v) is 14.3. The van der Waals surface area contributed by atoms with Crippen LogP contribution in [0.4, 0.5) is 0 Å². The maximum absolute atomic E-state index is 11.9. The number of hydrogen-bond acceptors (Lipinski definition) is 7.